The summed E-state index contributed by atoms with van der Waals surface area (Å²) in [5.74, 6) is 0.593. The topological polar surface area (TPSA) is 91.0 Å². The van der Waals surface area contributed by atoms with E-state index < -0.39 is 21.3 Å². The van der Waals surface area contributed by atoms with Gasteiger partial charge in [-0.3, -0.25) is 0 Å². The third-order valence-corrected chi connectivity index (χ3v) is 8.06. The summed E-state index contributed by atoms with van der Waals surface area (Å²) in [5, 5.41) is 0. The molecule has 0 spiro atoms. The molecule has 3 rings (SSSR count). The lowest BCUT2D eigenvalue weighted by Crippen LogP contribution is -2.47. The van der Waals surface area contributed by atoms with Crippen molar-refractivity contribution in [2.24, 2.45) is 0 Å². The number of nitrogens with zero attached hydrogens (tertiary/aromatic N) is 2. The Morgan fingerprint density at radius 2 is 1.32 bits per heavy atom. The predicted molar refractivity (Wildman–Crippen MR) is 136 cm³/mol. The molecule has 1 aliphatic rings. The van der Waals surface area contributed by atoms with E-state index in [1.165, 1.54) is 0 Å². The highest BCUT2D eigenvalue weighted by Gasteiger charge is 2.17. The highest BCUT2D eigenvalue weighted by Crippen LogP contribution is 2.12. The van der Waals surface area contributed by atoms with Gasteiger partial charge >= 0.3 is 0 Å². The summed E-state index contributed by atoms with van der Waals surface area (Å²) < 4.78 is 47.7. The lowest BCUT2D eigenvalue weighted by Gasteiger charge is -2.34. The third kappa shape index (κ3) is 9.09. The van der Waals surface area contributed by atoms with Gasteiger partial charge in [0.05, 0.1) is 4.90 Å². The molecule has 2 aromatic rings. The Kier molecular flexibility index (Phi) is 10.5. The Bertz CT molecular complexity index is 1010. The van der Waals surface area contributed by atoms with Gasteiger partial charge < -0.3 is 14.0 Å². The fraction of sp³-hybridized carbons (Fsp3) is 0.500. The van der Waals surface area contributed by atoms with Crippen molar-refractivity contribution in [1.82, 2.24) is 19.2 Å². The molecule has 10 heteroatoms. The minimum atomic E-state index is -3.44. The molecule has 1 heterocycles. The standard InChI is InChI=1S/C24H36N4O4S2/c1-21-5-9-23(10-6-21)32-33(29)25-13-3-15-27-17-19-28(20-18-27)16-4-14-26-34(30,31)24-11-7-22(2)8-12-24/h5-12,25-26H,3-4,13-20H2,1-2H3. The summed E-state index contributed by atoms with van der Waals surface area (Å²) in [6.07, 6.45) is 1.67. The molecule has 0 radical (unpaired) electrons. The van der Waals surface area contributed by atoms with E-state index in [0.717, 1.165) is 63.2 Å². The average Bonchev–Trinajstić information content (AvgIpc) is 2.82. The summed E-state index contributed by atoms with van der Waals surface area (Å²) in [6.45, 7) is 10.7. The van der Waals surface area contributed by atoms with Gasteiger partial charge in [-0.05, 0) is 64.0 Å². The van der Waals surface area contributed by atoms with Crippen LogP contribution >= 0.6 is 0 Å². The Hall–Kier alpha value is -1.82. The van der Waals surface area contributed by atoms with Crippen LogP contribution in [0.2, 0.25) is 0 Å². The zero-order chi connectivity index (χ0) is 24.4. The molecule has 1 aliphatic heterocycles. The predicted octanol–water partition coefficient (Wildman–Crippen LogP) is 2.23. The minimum Gasteiger partial charge on any atom is -0.389 e. The summed E-state index contributed by atoms with van der Waals surface area (Å²) >= 11 is -1.54. The molecule has 1 fully saturated rings. The molecular formula is C24H36N4O4S2. The molecule has 1 atom stereocenters. The Balaban J connectivity index is 1.23. The number of rotatable bonds is 13. The van der Waals surface area contributed by atoms with Crippen molar-refractivity contribution in [2.75, 3.05) is 52.4 Å². The number of nitrogens with one attached hydrogen (secondary N) is 2. The van der Waals surface area contributed by atoms with Crippen molar-refractivity contribution < 1.29 is 16.8 Å². The first-order valence-corrected chi connectivity index (χ1v) is 14.3. The normalized spacial score (nSPS) is 16.4. The van der Waals surface area contributed by atoms with Crippen LogP contribution in [0, 0.1) is 13.8 Å². The number of hydrogen-bond donors (Lipinski definition) is 2. The van der Waals surface area contributed by atoms with Crippen LogP contribution < -0.4 is 13.6 Å². The van der Waals surface area contributed by atoms with Crippen molar-refractivity contribution in [1.29, 1.82) is 0 Å². The summed E-state index contributed by atoms with van der Waals surface area (Å²) in [6, 6.07) is 14.4. The SMILES string of the molecule is Cc1ccc(OS(=O)NCCCN2CCN(CCCNS(=O)(=O)c3ccc(C)cc3)CC2)cc1. The number of sulfonamides is 1. The molecule has 2 N–H and O–H groups in total. The molecule has 0 bridgehead atoms. The van der Waals surface area contributed by atoms with E-state index in [2.05, 4.69) is 19.2 Å². The lowest BCUT2D eigenvalue weighted by atomic mass is 10.2. The molecule has 188 valence electrons. The molecule has 0 aliphatic carbocycles. The highest BCUT2D eigenvalue weighted by molar-refractivity contribution is 7.89. The van der Waals surface area contributed by atoms with Gasteiger partial charge in [-0.1, -0.05) is 35.4 Å². The second-order valence-electron chi connectivity index (χ2n) is 8.63. The number of hydrogen-bond acceptors (Lipinski definition) is 6. The summed E-state index contributed by atoms with van der Waals surface area (Å²) in [4.78, 5) is 5.09. The van der Waals surface area contributed by atoms with E-state index in [9.17, 15) is 12.6 Å². The molecule has 1 unspecified atom stereocenters. The monoisotopic (exact) mass is 508 g/mol. The summed E-state index contributed by atoms with van der Waals surface area (Å²) in [5.41, 5.74) is 2.17. The van der Waals surface area contributed by atoms with E-state index in [4.69, 9.17) is 4.18 Å². The van der Waals surface area contributed by atoms with Crippen LogP contribution in [-0.4, -0.2) is 74.8 Å². The zero-order valence-electron chi connectivity index (χ0n) is 20.0. The lowest BCUT2D eigenvalue weighted by molar-refractivity contribution is 0.131. The molecule has 8 nitrogen and oxygen atoms in total. The minimum absolute atomic E-state index is 0.312. The molecule has 0 aromatic heterocycles. The smallest absolute Gasteiger partial charge is 0.287 e. The van der Waals surface area contributed by atoms with E-state index in [1.807, 2.05) is 50.2 Å². The molecular weight excluding hydrogens is 472 g/mol. The Morgan fingerprint density at radius 1 is 0.824 bits per heavy atom. The van der Waals surface area contributed by atoms with Crippen LogP contribution in [0.5, 0.6) is 5.75 Å². The second kappa shape index (κ2) is 13.3. The fourth-order valence-corrected chi connectivity index (χ4v) is 5.45. The van der Waals surface area contributed by atoms with Crippen molar-refractivity contribution in [3.05, 3.63) is 59.7 Å². The maximum Gasteiger partial charge on any atom is 0.287 e. The number of piperazine rings is 1. The van der Waals surface area contributed by atoms with Gasteiger partial charge in [0.2, 0.25) is 10.0 Å². The molecule has 2 aromatic carbocycles. The quantitative estimate of drug-likeness (QED) is 0.403. The number of benzene rings is 2. The van der Waals surface area contributed by atoms with Crippen LogP contribution in [0.4, 0.5) is 0 Å². The van der Waals surface area contributed by atoms with Gasteiger partial charge in [-0.15, -0.1) is 0 Å². The zero-order valence-corrected chi connectivity index (χ0v) is 21.7. The van der Waals surface area contributed by atoms with E-state index >= 15 is 0 Å². The molecule has 0 amide bonds. The summed E-state index contributed by atoms with van der Waals surface area (Å²) in [7, 11) is -3.44. The van der Waals surface area contributed by atoms with Gasteiger partial charge in [0.1, 0.15) is 5.75 Å². The van der Waals surface area contributed by atoms with Crippen molar-refractivity contribution in [3.63, 3.8) is 0 Å². The van der Waals surface area contributed by atoms with Gasteiger partial charge in [0.15, 0.2) is 0 Å². The second-order valence-corrected chi connectivity index (χ2v) is 11.3. The van der Waals surface area contributed by atoms with Crippen LogP contribution in [0.15, 0.2) is 53.4 Å². The highest BCUT2D eigenvalue weighted by atomic mass is 32.2. The molecule has 34 heavy (non-hydrogen) atoms. The fourth-order valence-electron chi connectivity index (χ4n) is 3.72. The van der Waals surface area contributed by atoms with Crippen molar-refractivity contribution in [2.45, 2.75) is 31.6 Å². The van der Waals surface area contributed by atoms with Crippen molar-refractivity contribution in [3.8, 4) is 5.75 Å². The van der Waals surface area contributed by atoms with Crippen LogP contribution in [0.1, 0.15) is 24.0 Å². The first-order valence-electron chi connectivity index (χ1n) is 11.7. The maximum atomic E-state index is 12.3. The van der Waals surface area contributed by atoms with Gasteiger partial charge in [-0.25, -0.2) is 17.9 Å². The average molecular weight is 509 g/mol. The largest absolute Gasteiger partial charge is 0.389 e. The van der Waals surface area contributed by atoms with Crippen LogP contribution in [-0.2, 0) is 21.3 Å². The van der Waals surface area contributed by atoms with Gasteiger partial charge in [0.25, 0.3) is 11.3 Å². The first kappa shape index (κ1) is 26.8. The third-order valence-electron chi connectivity index (χ3n) is 5.80. The molecule has 1 saturated heterocycles. The van der Waals surface area contributed by atoms with Gasteiger partial charge in [-0.2, -0.15) is 4.21 Å². The van der Waals surface area contributed by atoms with Crippen molar-refractivity contribution >= 4 is 21.3 Å². The van der Waals surface area contributed by atoms with E-state index in [-0.39, 0.29) is 0 Å². The van der Waals surface area contributed by atoms with E-state index in [1.54, 1.807) is 12.1 Å². The van der Waals surface area contributed by atoms with E-state index in [0.29, 0.717) is 23.7 Å². The van der Waals surface area contributed by atoms with Crippen LogP contribution in [0.3, 0.4) is 0 Å². The number of aryl methyl sites for hydroxylation is 2. The maximum absolute atomic E-state index is 12.3. The first-order chi connectivity index (χ1) is 16.3. The van der Waals surface area contributed by atoms with Gasteiger partial charge in [0, 0.05) is 39.3 Å². The Labute approximate surface area is 206 Å². The van der Waals surface area contributed by atoms with Crippen LogP contribution in [0.25, 0.3) is 0 Å². The Morgan fingerprint density at radius 3 is 1.88 bits per heavy atom. The molecule has 0 saturated carbocycles.